The largest absolute Gasteiger partial charge is 0.466 e. The lowest BCUT2D eigenvalue weighted by Crippen LogP contribution is -2.68. The van der Waals surface area contributed by atoms with E-state index in [1.165, 1.54) is 6.42 Å². The van der Waals surface area contributed by atoms with Crippen molar-refractivity contribution in [2.75, 3.05) is 39.5 Å². The number of carbonyl (C=O) groups is 1. The summed E-state index contributed by atoms with van der Waals surface area (Å²) in [5.74, 6) is 0.273. The van der Waals surface area contributed by atoms with E-state index in [1.807, 2.05) is 6.92 Å². The van der Waals surface area contributed by atoms with Crippen LogP contribution in [0.3, 0.4) is 0 Å². The van der Waals surface area contributed by atoms with E-state index in [2.05, 4.69) is 25.7 Å². The SMILES string of the molecule is CCOC(=O)[C@H](CN)[C@@]1(N2CCOCC2)C[C@H]2CC[C@@]1(C)C2(C)C. The van der Waals surface area contributed by atoms with Crippen LogP contribution in [-0.2, 0) is 14.3 Å². The van der Waals surface area contributed by atoms with Gasteiger partial charge in [-0.3, -0.25) is 9.69 Å². The van der Waals surface area contributed by atoms with Crippen molar-refractivity contribution in [3.05, 3.63) is 0 Å². The van der Waals surface area contributed by atoms with Crippen molar-refractivity contribution in [3.8, 4) is 0 Å². The molecule has 0 aromatic carbocycles. The summed E-state index contributed by atoms with van der Waals surface area (Å²) in [6.45, 7) is 13.1. The summed E-state index contributed by atoms with van der Waals surface area (Å²) in [5.41, 5.74) is 6.27. The van der Waals surface area contributed by atoms with E-state index in [4.69, 9.17) is 15.2 Å². The minimum Gasteiger partial charge on any atom is -0.466 e. The zero-order valence-electron chi connectivity index (χ0n) is 15.8. The molecule has 5 heteroatoms. The highest BCUT2D eigenvalue weighted by molar-refractivity contribution is 5.75. The Bertz CT molecular complexity index is 489. The highest BCUT2D eigenvalue weighted by Crippen LogP contribution is 2.72. The van der Waals surface area contributed by atoms with Gasteiger partial charge in [-0.1, -0.05) is 20.8 Å². The summed E-state index contributed by atoms with van der Waals surface area (Å²) in [6, 6.07) is 0. The maximum Gasteiger partial charge on any atom is 0.312 e. The number of hydrogen-bond acceptors (Lipinski definition) is 5. The molecule has 138 valence electrons. The molecule has 2 N–H and O–H groups in total. The highest BCUT2D eigenvalue weighted by atomic mass is 16.5. The molecule has 4 atom stereocenters. The Hall–Kier alpha value is -0.650. The van der Waals surface area contributed by atoms with E-state index in [0.717, 1.165) is 39.1 Å². The molecule has 0 aromatic rings. The number of morpholine rings is 1. The first-order valence-corrected chi connectivity index (χ1v) is 9.54. The Morgan fingerprint density at radius 2 is 2.00 bits per heavy atom. The number of esters is 1. The number of fused-ring (bicyclic) bond motifs is 2. The molecule has 3 fully saturated rings. The van der Waals surface area contributed by atoms with Gasteiger partial charge in [-0.2, -0.15) is 0 Å². The fourth-order valence-electron chi connectivity index (χ4n) is 6.25. The second-order valence-electron chi connectivity index (χ2n) is 8.56. The van der Waals surface area contributed by atoms with Crippen LogP contribution in [0.5, 0.6) is 0 Å². The predicted molar refractivity (Wildman–Crippen MR) is 93.5 cm³/mol. The zero-order valence-corrected chi connectivity index (χ0v) is 15.8. The topological polar surface area (TPSA) is 64.8 Å². The lowest BCUT2D eigenvalue weighted by atomic mass is 9.57. The maximum atomic E-state index is 12.9. The van der Waals surface area contributed by atoms with Gasteiger partial charge in [0.1, 0.15) is 0 Å². The number of nitrogens with zero attached hydrogens (tertiary/aromatic N) is 1. The molecule has 3 rings (SSSR count). The van der Waals surface area contributed by atoms with Crippen LogP contribution in [-0.4, -0.2) is 55.9 Å². The van der Waals surface area contributed by atoms with Gasteiger partial charge in [0.15, 0.2) is 0 Å². The van der Waals surface area contributed by atoms with E-state index in [-0.39, 0.29) is 28.3 Å². The van der Waals surface area contributed by atoms with Gasteiger partial charge in [-0.15, -0.1) is 0 Å². The van der Waals surface area contributed by atoms with Crippen molar-refractivity contribution < 1.29 is 14.3 Å². The van der Waals surface area contributed by atoms with Gasteiger partial charge in [0.25, 0.3) is 0 Å². The maximum absolute atomic E-state index is 12.9. The normalized spacial score (nSPS) is 39.8. The number of carbonyl (C=O) groups excluding carboxylic acids is 1. The van der Waals surface area contributed by atoms with Crippen molar-refractivity contribution in [1.29, 1.82) is 0 Å². The summed E-state index contributed by atoms with van der Waals surface area (Å²) in [5, 5.41) is 0. The van der Waals surface area contributed by atoms with Crippen LogP contribution in [0.4, 0.5) is 0 Å². The molecule has 3 aliphatic rings. The molecule has 24 heavy (non-hydrogen) atoms. The van der Waals surface area contributed by atoms with Gasteiger partial charge in [0, 0.05) is 25.2 Å². The molecule has 1 aliphatic heterocycles. The second kappa shape index (κ2) is 6.26. The standard InChI is InChI=1S/C19H34N2O3/c1-5-24-16(22)15(13-20)19(21-8-10-23-11-9-21)12-14-6-7-18(19,4)17(14,2)3/h14-15H,5-13,20H2,1-4H3/t14-,15+,18+,19+/m1/s1. The van der Waals surface area contributed by atoms with Crippen LogP contribution in [0, 0.1) is 22.7 Å². The molecule has 0 unspecified atom stereocenters. The third-order valence-corrected chi connectivity index (χ3v) is 7.91. The number of hydrogen-bond donors (Lipinski definition) is 1. The van der Waals surface area contributed by atoms with E-state index >= 15 is 0 Å². The molecule has 0 aromatic heterocycles. The fraction of sp³-hybridized carbons (Fsp3) is 0.947. The molecule has 1 saturated heterocycles. The summed E-state index contributed by atoms with van der Waals surface area (Å²) in [7, 11) is 0. The molecular formula is C19H34N2O3. The van der Waals surface area contributed by atoms with Crippen LogP contribution < -0.4 is 5.73 Å². The molecule has 5 nitrogen and oxygen atoms in total. The quantitative estimate of drug-likeness (QED) is 0.777. The van der Waals surface area contributed by atoms with Crippen molar-refractivity contribution in [2.45, 2.75) is 52.5 Å². The Labute approximate surface area is 146 Å². The minimum absolute atomic E-state index is 0.0683. The van der Waals surface area contributed by atoms with Gasteiger partial charge in [0.2, 0.25) is 0 Å². The third kappa shape index (κ3) is 2.20. The van der Waals surface area contributed by atoms with Gasteiger partial charge in [-0.05, 0) is 42.9 Å². The number of nitrogens with two attached hydrogens (primary N) is 1. The first-order valence-electron chi connectivity index (χ1n) is 9.54. The van der Waals surface area contributed by atoms with E-state index in [9.17, 15) is 4.79 Å². The van der Waals surface area contributed by atoms with Crippen molar-refractivity contribution in [2.24, 2.45) is 28.4 Å². The fourth-order valence-corrected chi connectivity index (χ4v) is 6.25. The lowest BCUT2D eigenvalue weighted by molar-refractivity contribution is -0.168. The number of ether oxygens (including phenoxy) is 2. The monoisotopic (exact) mass is 338 g/mol. The van der Waals surface area contributed by atoms with Crippen LogP contribution in [0.2, 0.25) is 0 Å². The molecule has 0 amide bonds. The molecule has 0 radical (unpaired) electrons. The summed E-state index contributed by atoms with van der Waals surface area (Å²) in [4.78, 5) is 15.4. The van der Waals surface area contributed by atoms with Gasteiger partial charge in [0.05, 0.1) is 25.7 Å². The van der Waals surface area contributed by atoms with E-state index in [1.54, 1.807) is 0 Å². The van der Waals surface area contributed by atoms with Crippen LogP contribution in [0.1, 0.15) is 47.0 Å². The molecule has 0 spiro atoms. The van der Waals surface area contributed by atoms with E-state index < -0.39 is 0 Å². The highest BCUT2D eigenvalue weighted by Gasteiger charge is 2.73. The second-order valence-corrected chi connectivity index (χ2v) is 8.56. The first-order chi connectivity index (χ1) is 11.3. The van der Waals surface area contributed by atoms with Crippen LogP contribution >= 0.6 is 0 Å². The zero-order chi connectivity index (χ0) is 17.6. The van der Waals surface area contributed by atoms with Crippen molar-refractivity contribution >= 4 is 5.97 Å². The molecule has 2 saturated carbocycles. The molecule has 1 heterocycles. The summed E-state index contributed by atoms with van der Waals surface area (Å²) in [6.07, 6.45) is 3.48. The average Bonchev–Trinajstić information content (AvgIpc) is 2.89. The Balaban J connectivity index is 2.07. The predicted octanol–water partition coefficient (Wildman–Crippen LogP) is 2.04. The molecule has 2 bridgehead atoms. The molecular weight excluding hydrogens is 304 g/mol. The van der Waals surface area contributed by atoms with Crippen molar-refractivity contribution in [3.63, 3.8) is 0 Å². The minimum atomic E-state index is -0.259. The van der Waals surface area contributed by atoms with Gasteiger partial charge < -0.3 is 15.2 Å². The van der Waals surface area contributed by atoms with Crippen LogP contribution in [0.15, 0.2) is 0 Å². The summed E-state index contributed by atoms with van der Waals surface area (Å²) < 4.78 is 11.1. The molecule has 2 aliphatic carbocycles. The first kappa shape index (κ1) is 18.2. The summed E-state index contributed by atoms with van der Waals surface area (Å²) >= 11 is 0. The Kier molecular flexibility index (Phi) is 4.73. The number of rotatable bonds is 5. The smallest absolute Gasteiger partial charge is 0.312 e. The van der Waals surface area contributed by atoms with Crippen molar-refractivity contribution in [1.82, 2.24) is 4.90 Å². The Morgan fingerprint density at radius 3 is 2.46 bits per heavy atom. The third-order valence-electron chi connectivity index (χ3n) is 7.91. The van der Waals surface area contributed by atoms with E-state index in [0.29, 0.717) is 19.1 Å². The van der Waals surface area contributed by atoms with Gasteiger partial charge in [-0.25, -0.2) is 0 Å². The lowest BCUT2D eigenvalue weighted by Gasteiger charge is -2.58. The van der Waals surface area contributed by atoms with Gasteiger partial charge >= 0.3 is 5.97 Å². The Morgan fingerprint density at radius 1 is 1.33 bits per heavy atom. The average molecular weight is 338 g/mol. The van der Waals surface area contributed by atoms with Crippen LogP contribution in [0.25, 0.3) is 0 Å².